The van der Waals surface area contributed by atoms with Crippen molar-refractivity contribution in [2.24, 2.45) is 11.8 Å². The Balaban J connectivity index is 1.61. The van der Waals surface area contributed by atoms with Crippen molar-refractivity contribution in [1.82, 2.24) is 4.90 Å². The fourth-order valence-corrected chi connectivity index (χ4v) is 5.85. The Morgan fingerprint density at radius 3 is 2.18 bits per heavy atom. The van der Waals surface area contributed by atoms with E-state index in [1.807, 2.05) is 60.7 Å². The number of cyclic esters (lactones) is 1. The molecule has 5 rings (SSSR count). The van der Waals surface area contributed by atoms with E-state index in [-0.39, 0.29) is 30.0 Å². The Morgan fingerprint density at radius 1 is 1.00 bits per heavy atom. The van der Waals surface area contributed by atoms with Gasteiger partial charge in [-0.15, -0.1) is 0 Å². The number of nitrogens with zero attached hydrogens (tertiary/aromatic N) is 1. The normalized spacial score (nSPS) is 27.2. The maximum Gasteiger partial charge on any atom is 0.346 e. The molecule has 0 radical (unpaired) electrons. The van der Waals surface area contributed by atoms with Crippen LogP contribution in [0.15, 0.2) is 72.2 Å². The molecule has 178 valence electrons. The topological polar surface area (TPSA) is 88.1 Å². The van der Waals surface area contributed by atoms with Gasteiger partial charge in [0, 0.05) is 26.1 Å². The summed E-state index contributed by atoms with van der Waals surface area (Å²) in [5, 5.41) is 14.0. The number of para-hydroxylation sites is 1. The van der Waals surface area contributed by atoms with Crippen LogP contribution in [0.1, 0.15) is 45.1 Å². The molecule has 1 heterocycles. The van der Waals surface area contributed by atoms with Gasteiger partial charge in [-0.2, -0.15) is 0 Å². The predicted molar refractivity (Wildman–Crippen MR) is 127 cm³/mol. The molecule has 0 bridgehead atoms. The Hall–Kier alpha value is -3.48. The first-order chi connectivity index (χ1) is 16.3. The number of esters is 1. The van der Waals surface area contributed by atoms with Crippen molar-refractivity contribution >= 4 is 17.7 Å². The Kier molecular flexibility index (Phi) is 5.50. The number of carbonyl (C=O) groups is 2. The van der Waals surface area contributed by atoms with Gasteiger partial charge in [0.1, 0.15) is 5.57 Å². The lowest BCUT2D eigenvalue weighted by molar-refractivity contribution is -0.223. The van der Waals surface area contributed by atoms with E-state index in [0.717, 1.165) is 31.2 Å². The van der Waals surface area contributed by atoms with Gasteiger partial charge >= 0.3 is 12.0 Å². The lowest BCUT2D eigenvalue weighted by Gasteiger charge is -2.39. The molecule has 7 nitrogen and oxygen atoms in total. The van der Waals surface area contributed by atoms with Crippen LogP contribution in [0.5, 0.6) is 0 Å². The van der Waals surface area contributed by atoms with Crippen LogP contribution in [0, 0.1) is 11.8 Å². The SMILES string of the molecule is CC1(C)OC(=O)C(C2(N(Cc3ccccc3)C(=O)Nc3ccccc3)[C@@H]3CCCC[C@@H]32)=C(O)O1. The fourth-order valence-electron chi connectivity index (χ4n) is 5.85. The molecule has 7 heteroatoms. The lowest BCUT2D eigenvalue weighted by atomic mass is 9.96. The van der Waals surface area contributed by atoms with Gasteiger partial charge < -0.3 is 24.8 Å². The number of benzene rings is 2. The summed E-state index contributed by atoms with van der Waals surface area (Å²) in [6.07, 6.45) is 3.75. The standard InChI is InChI=1S/C27H30N2O5/c1-26(2)33-23(30)22(24(31)34-26)27(20-15-9-10-16-21(20)27)29(17-18-11-5-3-6-12-18)25(32)28-19-13-7-4-8-14-19/h3-8,11-14,20-21,30H,9-10,15-17H2,1-2H3,(H,28,32)/t20-,21+,27?. The number of nitrogens with one attached hydrogen (secondary N) is 1. The summed E-state index contributed by atoms with van der Waals surface area (Å²) in [4.78, 5) is 28.9. The number of hydrogen-bond acceptors (Lipinski definition) is 5. The van der Waals surface area contributed by atoms with Crippen molar-refractivity contribution in [1.29, 1.82) is 0 Å². The largest absolute Gasteiger partial charge is 0.480 e. The molecular weight excluding hydrogens is 432 g/mol. The maximum absolute atomic E-state index is 13.8. The summed E-state index contributed by atoms with van der Waals surface area (Å²) >= 11 is 0. The average Bonchev–Trinajstić information content (AvgIpc) is 3.46. The second kappa shape index (κ2) is 8.38. The second-order valence-electron chi connectivity index (χ2n) is 9.76. The minimum atomic E-state index is -1.28. The fraction of sp³-hybridized carbons (Fsp3) is 0.407. The van der Waals surface area contributed by atoms with E-state index in [9.17, 15) is 14.7 Å². The number of anilines is 1. The van der Waals surface area contributed by atoms with Crippen molar-refractivity contribution in [3.8, 4) is 0 Å². The van der Waals surface area contributed by atoms with Gasteiger partial charge in [0.2, 0.25) is 0 Å². The number of fused-ring (bicyclic) bond motifs is 1. The highest BCUT2D eigenvalue weighted by molar-refractivity contribution is 5.97. The molecule has 34 heavy (non-hydrogen) atoms. The van der Waals surface area contributed by atoms with Crippen LogP contribution >= 0.6 is 0 Å². The minimum Gasteiger partial charge on any atom is -0.480 e. The molecule has 2 amide bonds. The summed E-state index contributed by atoms with van der Waals surface area (Å²) in [6.45, 7) is 3.43. The first kappa shape index (κ1) is 22.3. The summed E-state index contributed by atoms with van der Waals surface area (Å²) in [5.74, 6) is -2.26. The van der Waals surface area contributed by atoms with Gasteiger partial charge in [-0.3, -0.25) is 0 Å². The number of carbonyl (C=O) groups excluding carboxylic acids is 2. The number of aliphatic hydroxyl groups is 1. The molecule has 0 spiro atoms. The Morgan fingerprint density at radius 2 is 1.59 bits per heavy atom. The second-order valence-corrected chi connectivity index (χ2v) is 9.76. The average molecular weight is 463 g/mol. The van der Waals surface area contributed by atoms with E-state index >= 15 is 0 Å². The molecule has 2 aromatic carbocycles. The van der Waals surface area contributed by atoms with Gasteiger partial charge in [0.25, 0.3) is 11.7 Å². The number of aliphatic hydroxyl groups excluding tert-OH is 1. The van der Waals surface area contributed by atoms with E-state index in [4.69, 9.17) is 9.47 Å². The van der Waals surface area contributed by atoms with Crippen LogP contribution in [0.25, 0.3) is 0 Å². The third-order valence-corrected chi connectivity index (χ3v) is 7.19. The molecule has 3 aliphatic rings. The van der Waals surface area contributed by atoms with Crippen LogP contribution in [0.2, 0.25) is 0 Å². The Bertz CT molecular complexity index is 1100. The number of rotatable bonds is 5. The zero-order chi connectivity index (χ0) is 23.9. The van der Waals surface area contributed by atoms with Crippen molar-refractivity contribution in [2.75, 3.05) is 5.32 Å². The zero-order valence-corrected chi connectivity index (χ0v) is 19.5. The molecule has 0 saturated heterocycles. The molecule has 2 saturated carbocycles. The molecular formula is C27H30N2O5. The van der Waals surface area contributed by atoms with Crippen molar-refractivity contribution in [3.05, 3.63) is 77.7 Å². The van der Waals surface area contributed by atoms with Crippen molar-refractivity contribution in [3.63, 3.8) is 0 Å². The highest BCUT2D eigenvalue weighted by Crippen LogP contribution is 2.66. The quantitative estimate of drug-likeness (QED) is 0.584. The first-order valence-electron chi connectivity index (χ1n) is 11.9. The smallest absolute Gasteiger partial charge is 0.346 e. The summed E-state index contributed by atoms with van der Waals surface area (Å²) in [6, 6.07) is 18.6. The van der Waals surface area contributed by atoms with Crippen LogP contribution < -0.4 is 5.32 Å². The summed E-state index contributed by atoms with van der Waals surface area (Å²) < 4.78 is 11.2. The number of amides is 2. The number of urea groups is 1. The number of hydrogen-bond donors (Lipinski definition) is 2. The van der Waals surface area contributed by atoms with Gasteiger partial charge in [-0.05, 0) is 42.4 Å². The minimum absolute atomic E-state index is 0.0426. The van der Waals surface area contributed by atoms with Crippen molar-refractivity contribution in [2.45, 2.75) is 57.4 Å². The highest BCUT2D eigenvalue weighted by Gasteiger charge is 2.74. The van der Waals surface area contributed by atoms with Gasteiger partial charge in [0.05, 0.1) is 5.54 Å². The summed E-state index contributed by atoms with van der Waals surface area (Å²) in [5.41, 5.74) is 0.649. The molecule has 2 aromatic rings. The zero-order valence-electron chi connectivity index (χ0n) is 19.5. The predicted octanol–water partition coefficient (Wildman–Crippen LogP) is 5.36. The van der Waals surface area contributed by atoms with E-state index in [0.29, 0.717) is 5.69 Å². The van der Waals surface area contributed by atoms with E-state index in [2.05, 4.69) is 5.32 Å². The first-order valence-corrected chi connectivity index (χ1v) is 11.9. The molecule has 3 atom stereocenters. The molecule has 1 aliphatic heterocycles. The van der Waals surface area contributed by atoms with Crippen LogP contribution in [-0.2, 0) is 20.8 Å². The third kappa shape index (κ3) is 3.79. The van der Waals surface area contributed by atoms with Crippen LogP contribution in [0.3, 0.4) is 0 Å². The Labute approximate surface area is 199 Å². The van der Waals surface area contributed by atoms with Crippen molar-refractivity contribution < 1.29 is 24.2 Å². The van der Waals surface area contributed by atoms with E-state index < -0.39 is 23.2 Å². The number of ether oxygens (including phenoxy) is 2. The molecule has 2 fully saturated rings. The van der Waals surface area contributed by atoms with Gasteiger partial charge in [-0.25, -0.2) is 9.59 Å². The molecule has 2 N–H and O–H groups in total. The van der Waals surface area contributed by atoms with Gasteiger partial charge in [-0.1, -0.05) is 61.4 Å². The van der Waals surface area contributed by atoms with Gasteiger partial charge in [0.15, 0.2) is 0 Å². The molecule has 2 aliphatic carbocycles. The summed E-state index contributed by atoms with van der Waals surface area (Å²) in [7, 11) is 0. The van der Waals surface area contributed by atoms with Crippen LogP contribution in [0.4, 0.5) is 10.5 Å². The highest BCUT2D eigenvalue weighted by atomic mass is 16.8. The van der Waals surface area contributed by atoms with E-state index in [1.54, 1.807) is 18.7 Å². The molecule has 1 unspecified atom stereocenters. The molecule has 0 aromatic heterocycles. The maximum atomic E-state index is 13.8. The third-order valence-electron chi connectivity index (χ3n) is 7.19. The van der Waals surface area contributed by atoms with E-state index in [1.165, 1.54) is 0 Å². The van der Waals surface area contributed by atoms with Crippen LogP contribution in [-0.4, -0.2) is 33.3 Å². The monoisotopic (exact) mass is 462 g/mol. The lowest BCUT2D eigenvalue weighted by Crippen LogP contribution is -2.52.